The Hall–Kier alpha value is -1.42. The topological polar surface area (TPSA) is 66.4 Å². The van der Waals surface area contributed by atoms with Crippen molar-refractivity contribution in [3.8, 4) is 0 Å². The molecule has 0 saturated carbocycles. The first-order chi connectivity index (χ1) is 28.6. The average molecular weight is 814 g/mol. The molecule has 0 spiro atoms. The van der Waals surface area contributed by atoms with E-state index in [1.54, 1.807) is 0 Å². The van der Waals surface area contributed by atoms with Crippen LogP contribution in [-0.2, 0) is 9.59 Å². The van der Waals surface area contributed by atoms with Crippen LogP contribution in [0.3, 0.4) is 0 Å². The number of aliphatic hydroxyl groups is 1. The monoisotopic (exact) mass is 814 g/mol. The number of nitrogens with one attached hydrogen (secondary N) is 1. The third-order valence-electron chi connectivity index (χ3n) is 12.3. The first kappa shape index (κ1) is 56.6. The lowest BCUT2D eigenvalue weighted by molar-refractivity contribution is -0.122. The van der Waals surface area contributed by atoms with Gasteiger partial charge in [-0.05, 0) is 57.8 Å². The van der Waals surface area contributed by atoms with Gasteiger partial charge < -0.3 is 10.4 Å². The molecule has 0 aliphatic rings. The fourth-order valence-electron chi connectivity index (χ4n) is 8.26. The van der Waals surface area contributed by atoms with E-state index in [2.05, 4.69) is 43.5 Å². The summed E-state index contributed by atoms with van der Waals surface area (Å²) in [6.07, 6.45) is 64.0. The molecule has 0 aliphatic heterocycles. The lowest BCUT2D eigenvalue weighted by Gasteiger charge is -2.16. The summed E-state index contributed by atoms with van der Waals surface area (Å²) in [5.41, 5.74) is 0. The van der Waals surface area contributed by atoms with Gasteiger partial charge in [0.2, 0.25) is 5.91 Å². The summed E-state index contributed by atoms with van der Waals surface area (Å²) in [6, 6.07) is -0.0702. The molecular weight excluding hydrogens is 711 g/mol. The zero-order chi connectivity index (χ0) is 42.1. The SMILES string of the molecule is CCCCCC=CCC=CCCCCCCCC(=O)CCCCCCCCCCCCCCCC(=O)NC(CO)CCCCCCCCCCCCCCCCCC. The number of allylic oxidation sites excluding steroid dienone is 4. The Kier molecular flexibility index (Phi) is 48.7. The number of rotatable bonds is 49. The van der Waals surface area contributed by atoms with E-state index >= 15 is 0 Å². The molecule has 0 rings (SSSR count). The van der Waals surface area contributed by atoms with E-state index in [1.807, 2.05) is 0 Å². The minimum atomic E-state index is -0.0702. The van der Waals surface area contributed by atoms with Crippen LogP contribution in [0.1, 0.15) is 296 Å². The molecular formula is C54H103NO3. The number of carbonyl (C=O) groups is 2. The van der Waals surface area contributed by atoms with Gasteiger partial charge in [0.25, 0.3) is 0 Å². The van der Waals surface area contributed by atoms with Crippen LogP contribution in [0.5, 0.6) is 0 Å². The third kappa shape index (κ3) is 47.3. The van der Waals surface area contributed by atoms with Crippen molar-refractivity contribution in [2.24, 2.45) is 0 Å². The minimum Gasteiger partial charge on any atom is -0.394 e. The minimum absolute atomic E-state index is 0.0584. The van der Waals surface area contributed by atoms with Gasteiger partial charge in [-0.15, -0.1) is 0 Å². The Morgan fingerprint density at radius 3 is 1.10 bits per heavy atom. The molecule has 342 valence electrons. The molecule has 1 amide bonds. The fraction of sp³-hybridized carbons (Fsp3) is 0.889. The first-order valence-electron chi connectivity index (χ1n) is 26.4. The lowest BCUT2D eigenvalue weighted by atomic mass is 10.0. The van der Waals surface area contributed by atoms with E-state index in [9.17, 15) is 14.7 Å². The molecule has 1 unspecified atom stereocenters. The van der Waals surface area contributed by atoms with Gasteiger partial charge in [-0.2, -0.15) is 0 Å². The molecule has 0 aromatic heterocycles. The standard InChI is InChI=1S/C54H103NO3/c1-3-5-7-9-11-13-15-17-19-21-23-27-31-35-39-43-47-52(51-56)55-54(58)50-46-42-38-34-30-26-22-25-29-33-37-41-45-49-53(57)48-44-40-36-32-28-24-20-18-16-14-12-10-8-6-4-2/h12,14,18,20,52,56H,3-11,13,15-17,19,21-51H2,1-2H3,(H,55,58). The molecule has 2 N–H and O–H groups in total. The predicted octanol–water partition coefficient (Wildman–Crippen LogP) is 17.3. The molecule has 0 fully saturated rings. The highest BCUT2D eigenvalue weighted by molar-refractivity contribution is 5.78. The second kappa shape index (κ2) is 49.9. The highest BCUT2D eigenvalue weighted by Crippen LogP contribution is 2.17. The highest BCUT2D eigenvalue weighted by Gasteiger charge is 2.11. The Balaban J connectivity index is 3.39. The normalized spacial score (nSPS) is 12.3. The molecule has 0 saturated heterocycles. The Bertz CT molecular complexity index is 882. The van der Waals surface area contributed by atoms with Crippen molar-refractivity contribution >= 4 is 11.7 Å². The van der Waals surface area contributed by atoms with E-state index in [0.29, 0.717) is 12.2 Å². The van der Waals surface area contributed by atoms with Crippen molar-refractivity contribution in [3.05, 3.63) is 24.3 Å². The van der Waals surface area contributed by atoms with Crippen LogP contribution in [0, 0.1) is 0 Å². The summed E-state index contributed by atoms with van der Waals surface area (Å²) in [6.45, 7) is 4.60. The second-order valence-electron chi connectivity index (χ2n) is 18.2. The maximum absolute atomic E-state index is 12.4. The maximum Gasteiger partial charge on any atom is 0.220 e. The van der Waals surface area contributed by atoms with E-state index in [1.165, 1.54) is 218 Å². The Labute approximate surface area is 363 Å². The van der Waals surface area contributed by atoms with Gasteiger partial charge in [0.15, 0.2) is 0 Å². The number of carbonyl (C=O) groups excluding carboxylic acids is 2. The van der Waals surface area contributed by atoms with Crippen LogP contribution in [0.15, 0.2) is 24.3 Å². The van der Waals surface area contributed by atoms with E-state index in [-0.39, 0.29) is 18.6 Å². The molecule has 0 aliphatic carbocycles. The van der Waals surface area contributed by atoms with Crippen LogP contribution in [0.25, 0.3) is 0 Å². The molecule has 0 aromatic rings. The first-order valence-corrected chi connectivity index (χ1v) is 26.4. The molecule has 4 nitrogen and oxygen atoms in total. The van der Waals surface area contributed by atoms with Gasteiger partial charge in [0.05, 0.1) is 12.6 Å². The third-order valence-corrected chi connectivity index (χ3v) is 12.3. The summed E-state index contributed by atoms with van der Waals surface area (Å²) in [5, 5.41) is 12.9. The van der Waals surface area contributed by atoms with Gasteiger partial charge in [-0.3, -0.25) is 9.59 Å². The van der Waals surface area contributed by atoms with E-state index in [0.717, 1.165) is 57.8 Å². The van der Waals surface area contributed by atoms with Crippen molar-refractivity contribution in [2.45, 2.75) is 302 Å². The summed E-state index contributed by atoms with van der Waals surface area (Å²) in [7, 11) is 0. The molecule has 1 atom stereocenters. The van der Waals surface area contributed by atoms with Crippen molar-refractivity contribution in [3.63, 3.8) is 0 Å². The summed E-state index contributed by atoms with van der Waals surface area (Å²) in [4.78, 5) is 24.7. The van der Waals surface area contributed by atoms with Crippen LogP contribution < -0.4 is 5.32 Å². The smallest absolute Gasteiger partial charge is 0.220 e. The number of hydrogen-bond donors (Lipinski definition) is 2. The van der Waals surface area contributed by atoms with E-state index < -0.39 is 0 Å². The number of unbranched alkanes of at least 4 members (excludes halogenated alkanes) is 35. The van der Waals surface area contributed by atoms with Gasteiger partial charge in [0.1, 0.15) is 5.78 Å². The van der Waals surface area contributed by atoms with Crippen LogP contribution in [0.2, 0.25) is 0 Å². The average Bonchev–Trinajstić information content (AvgIpc) is 3.22. The van der Waals surface area contributed by atoms with Crippen LogP contribution in [0.4, 0.5) is 0 Å². The number of Topliss-reactive ketones (excluding diaryl/α,β-unsaturated/α-hetero) is 1. The van der Waals surface area contributed by atoms with Crippen LogP contribution >= 0.6 is 0 Å². The van der Waals surface area contributed by atoms with Gasteiger partial charge >= 0.3 is 0 Å². The van der Waals surface area contributed by atoms with Crippen molar-refractivity contribution < 1.29 is 14.7 Å². The molecule has 0 radical (unpaired) electrons. The highest BCUT2D eigenvalue weighted by atomic mass is 16.3. The Morgan fingerprint density at radius 2 is 0.707 bits per heavy atom. The number of amides is 1. The van der Waals surface area contributed by atoms with Gasteiger partial charge in [0, 0.05) is 19.3 Å². The zero-order valence-corrected chi connectivity index (χ0v) is 39.5. The molecule has 0 bridgehead atoms. The second-order valence-corrected chi connectivity index (χ2v) is 18.2. The Morgan fingerprint density at radius 1 is 0.397 bits per heavy atom. The quantitative estimate of drug-likeness (QED) is 0.0475. The molecule has 58 heavy (non-hydrogen) atoms. The van der Waals surface area contributed by atoms with Crippen LogP contribution in [-0.4, -0.2) is 29.4 Å². The summed E-state index contributed by atoms with van der Waals surface area (Å²) in [5.74, 6) is 0.606. The predicted molar refractivity (Wildman–Crippen MR) is 257 cm³/mol. The largest absolute Gasteiger partial charge is 0.394 e. The fourth-order valence-corrected chi connectivity index (χ4v) is 8.26. The van der Waals surface area contributed by atoms with E-state index in [4.69, 9.17) is 0 Å². The van der Waals surface area contributed by atoms with Gasteiger partial charge in [-0.25, -0.2) is 0 Å². The summed E-state index contributed by atoms with van der Waals surface area (Å²) >= 11 is 0. The molecule has 4 heteroatoms. The maximum atomic E-state index is 12.4. The van der Waals surface area contributed by atoms with Crippen molar-refractivity contribution in [1.82, 2.24) is 5.32 Å². The number of ketones is 1. The van der Waals surface area contributed by atoms with Crippen molar-refractivity contribution in [1.29, 1.82) is 0 Å². The number of hydrogen-bond acceptors (Lipinski definition) is 3. The number of aliphatic hydroxyl groups excluding tert-OH is 1. The molecule has 0 heterocycles. The molecule has 0 aromatic carbocycles. The lowest BCUT2D eigenvalue weighted by Crippen LogP contribution is -2.37. The van der Waals surface area contributed by atoms with Crippen molar-refractivity contribution in [2.75, 3.05) is 6.61 Å². The summed E-state index contributed by atoms with van der Waals surface area (Å²) < 4.78 is 0. The van der Waals surface area contributed by atoms with Gasteiger partial charge in [-0.1, -0.05) is 244 Å². The zero-order valence-electron chi connectivity index (χ0n) is 39.5.